The summed E-state index contributed by atoms with van der Waals surface area (Å²) in [5.74, 6) is -0.826. The molecule has 0 saturated carbocycles. The molecule has 0 fully saturated rings. The Morgan fingerprint density at radius 3 is 2.07 bits per heavy atom. The summed E-state index contributed by atoms with van der Waals surface area (Å²) in [7, 11) is -4.16. The molecule has 0 aliphatic heterocycles. The fourth-order valence-electron chi connectivity index (χ4n) is 4.72. The SMILES string of the molecule is Cc1ccc(S(=O)(=O)N(CC(=O)N(Cc2ccc(Br)cc2)[C@H](Cc2ccccc2)C(=O)NC(C)C)c2cccc(Br)c2)cc1. The topological polar surface area (TPSA) is 86.8 Å². The monoisotopic (exact) mass is 739 g/mol. The third kappa shape index (κ3) is 8.80. The number of carbonyl (C=O) groups excluding carboxylic acids is 2. The van der Waals surface area contributed by atoms with E-state index >= 15 is 0 Å². The molecule has 4 aromatic rings. The number of hydrogen-bond acceptors (Lipinski definition) is 4. The van der Waals surface area contributed by atoms with Gasteiger partial charge >= 0.3 is 0 Å². The molecule has 0 radical (unpaired) electrons. The number of halogens is 2. The molecule has 0 aromatic heterocycles. The van der Waals surface area contributed by atoms with Gasteiger partial charge in [0.15, 0.2) is 0 Å². The van der Waals surface area contributed by atoms with Crippen molar-refractivity contribution in [1.82, 2.24) is 10.2 Å². The Kier molecular flexibility index (Phi) is 11.4. The lowest BCUT2D eigenvalue weighted by atomic mass is 10.0. The molecule has 0 saturated heterocycles. The highest BCUT2D eigenvalue weighted by Gasteiger charge is 2.34. The van der Waals surface area contributed by atoms with Gasteiger partial charge in [-0.1, -0.05) is 98.1 Å². The van der Waals surface area contributed by atoms with Gasteiger partial charge in [0.2, 0.25) is 11.8 Å². The second-order valence-electron chi connectivity index (χ2n) is 10.8. The molecule has 2 amide bonds. The third-order valence-corrected chi connectivity index (χ3v) is 9.76. The molecule has 7 nitrogen and oxygen atoms in total. The van der Waals surface area contributed by atoms with Gasteiger partial charge in [0, 0.05) is 28.0 Å². The number of nitrogens with zero attached hydrogens (tertiary/aromatic N) is 2. The second-order valence-corrected chi connectivity index (χ2v) is 14.5. The van der Waals surface area contributed by atoms with E-state index in [2.05, 4.69) is 37.2 Å². The van der Waals surface area contributed by atoms with Gasteiger partial charge in [-0.05, 0) is 74.4 Å². The molecule has 0 heterocycles. The minimum absolute atomic E-state index is 0.0636. The summed E-state index contributed by atoms with van der Waals surface area (Å²) in [6.07, 6.45) is 0.253. The van der Waals surface area contributed by atoms with Crippen molar-refractivity contribution in [1.29, 1.82) is 0 Å². The van der Waals surface area contributed by atoms with Gasteiger partial charge in [0.1, 0.15) is 12.6 Å². The molecule has 0 unspecified atom stereocenters. The number of carbonyl (C=O) groups is 2. The Morgan fingerprint density at radius 2 is 1.45 bits per heavy atom. The summed E-state index contributed by atoms with van der Waals surface area (Å²) in [6, 6.07) is 29.2. The molecule has 1 N–H and O–H groups in total. The first-order valence-electron chi connectivity index (χ1n) is 14.2. The van der Waals surface area contributed by atoms with Gasteiger partial charge in [-0.2, -0.15) is 0 Å². The summed E-state index contributed by atoms with van der Waals surface area (Å²) < 4.78 is 30.9. The number of hydrogen-bond donors (Lipinski definition) is 1. The van der Waals surface area contributed by atoms with Crippen LogP contribution in [0.1, 0.15) is 30.5 Å². The van der Waals surface area contributed by atoms with Crippen LogP contribution in [0.25, 0.3) is 0 Å². The van der Waals surface area contributed by atoms with Gasteiger partial charge in [-0.15, -0.1) is 0 Å². The minimum atomic E-state index is -4.16. The zero-order valence-electron chi connectivity index (χ0n) is 24.8. The van der Waals surface area contributed by atoms with Crippen LogP contribution in [0.5, 0.6) is 0 Å². The quantitative estimate of drug-likeness (QED) is 0.172. The van der Waals surface area contributed by atoms with E-state index in [-0.39, 0.29) is 29.8 Å². The highest BCUT2D eigenvalue weighted by molar-refractivity contribution is 9.10. The largest absolute Gasteiger partial charge is 0.352 e. The predicted octanol–water partition coefficient (Wildman–Crippen LogP) is 6.88. The first kappa shape index (κ1) is 33.4. The van der Waals surface area contributed by atoms with Crippen LogP contribution in [0.3, 0.4) is 0 Å². The molecule has 4 aromatic carbocycles. The summed E-state index contributed by atoms with van der Waals surface area (Å²) in [5.41, 5.74) is 2.91. The van der Waals surface area contributed by atoms with E-state index in [0.29, 0.717) is 10.2 Å². The highest BCUT2D eigenvalue weighted by atomic mass is 79.9. The van der Waals surface area contributed by atoms with E-state index < -0.39 is 28.5 Å². The number of amides is 2. The molecule has 4 rings (SSSR count). The predicted molar refractivity (Wildman–Crippen MR) is 182 cm³/mol. The summed E-state index contributed by atoms with van der Waals surface area (Å²) in [4.78, 5) is 29.8. The number of nitrogens with one attached hydrogen (secondary N) is 1. The Bertz CT molecular complexity index is 1680. The van der Waals surface area contributed by atoms with E-state index in [0.717, 1.165) is 25.5 Å². The standard InChI is InChI=1S/C34H35Br2N3O4S/c1-24(2)37-34(41)32(20-26-8-5-4-6-9-26)38(22-27-14-16-28(35)17-15-27)33(40)23-39(30-11-7-10-29(36)21-30)44(42,43)31-18-12-25(3)13-19-31/h4-19,21,24,32H,20,22-23H2,1-3H3,(H,37,41)/t32-/m1/s1. The second kappa shape index (κ2) is 15.0. The first-order valence-corrected chi connectivity index (χ1v) is 17.2. The van der Waals surface area contributed by atoms with Crippen LogP contribution in [0.2, 0.25) is 0 Å². The zero-order chi connectivity index (χ0) is 31.9. The first-order chi connectivity index (χ1) is 20.9. The van der Waals surface area contributed by atoms with Gasteiger partial charge in [-0.25, -0.2) is 8.42 Å². The lowest BCUT2D eigenvalue weighted by Crippen LogP contribution is -2.54. The highest BCUT2D eigenvalue weighted by Crippen LogP contribution is 2.27. The number of anilines is 1. The van der Waals surface area contributed by atoms with Crippen molar-refractivity contribution in [2.24, 2.45) is 0 Å². The van der Waals surface area contributed by atoms with Crippen LogP contribution in [-0.4, -0.2) is 43.8 Å². The van der Waals surface area contributed by atoms with Crippen LogP contribution in [0.4, 0.5) is 5.69 Å². The smallest absolute Gasteiger partial charge is 0.264 e. The fourth-order valence-corrected chi connectivity index (χ4v) is 6.78. The number of sulfonamides is 1. The molecule has 0 spiro atoms. The summed E-state index contributed by atoms with van der Waals surface area (Å²) >= 11 is 6.89. The molecular weight excluding hydrogens is 706 g/mol. The maximum Gasteiger partial charge on any atom is 0.264 e. The van der Waals surface area contributed by atoms with Gasteiger partial charge in [0.25, 0.3) is 10.0 Å². The van der Waals surface area contributed by atoms with Crippen molar-refractivity contribution in [3.63, 3.8) is 0 Å². The normalized spacial score (nSPS) is 12.0. The maximum atomic E-state index is 14.5. The zero-order valence-corrected chi connectivity index (χ0v) is 28.8. The van der Waals surface area contributed by atoms with E-state index in [9.17, 15) is 18.0 Å². The van der Waals surface area contributed by atoms with Crippen molar-refractivity contribution in [2.75, 3.05) is 10.8 Å². The minimum Gasteiger partial charge on any atom is -0.352 e. The van der Waals surface area contributed by atoms with Crippen LogP contribution < -0.4 is 9.62 Å². The average Bonchev–Trinajstić information content (AvgIpc) is 2.98. The lowest BCUT2D eigenvalue weighted by Gasteiger charge is -2.34. The molecule has 10 heteroatoms. The molecule has 0 aliphatic rings. The van der Waals surface area contributed by atoms with Gasteiger partial charge < -0.3 is 10.2 Å². The third-order valence-electron chi connectivity index (χ3n) is 6.95. The van der Waals surface area contributed by atoms with Crippen molar-refractivity contribution in [3.8, 4) is 0 Å². The Balaban J connectivity index is 1.80. The molecule has 0 bridgehead atoms. The maximum absolute atomic E-state index is 14.5. The molecule has 44 heavy (non-hydrogen) atoms. The fraction of sp³-hybridized carbons (Fsp3) is 0.235. The Morgan fingerprint density at radius 1 is 0.795 bits per heavy atom. The van der Waals surface area contributed by atoms with Crippen molar-refractivity contribution < 1.29 is 18.0 Å². The lowest BCUT2D eigenvalue weighted by molar-refractivity contribution is -0.140. The molecule has 0 aliphatic carbocycles. The molecule has 230 valence electrons. The van der Waals surface area contributed by atoms with Gasteiger partial charge in [0.05, 0.1) is 10.6 Å². The van der Waals surface area contributed by atoms with E-state index in [1.54, 1.807) is 36.4 Å². The number of rotatable bonds is 12. The Labute approximate surface area is 276 Å². The van der Waals surface area contributed by atoms with Crippen LogP contribution in [-0.2, 0) is 32.6 Å². The summed E-state index contributed by atoms with van der Waals surface area (Å²) in [6.45, 7) is 5.19. The number of benzene rings is 4. The molecular formula is C34H35Br2N3O4S. The van der Waals surface area contributed by atoms with Crippen molar-refractivity contribution in [2.45, 2.75) is 50.7 Å². The van der Waals surface area contributed by atoms with E-state index in [1.807, 2.05) is 75.4 Å². The number of aryl methyl sites for hydroxylation is 1. The van der Waals surface area contributed by atoms with Crippen LogP contribution in [0.15, 0.2) is 117 Å². The molecule has 1 atom stereocenters. The van der Waals surface area contributed by atoms with Gasteiger partial charge in [-0.3, -0.25) is 13.9 Å². The summed E-state index contributed by atoms with van der Waals surface area (Å²) in [5, 5.41) is 2.97. The van der Waals surface area contributed by atoms with E-state index in [4.69, 9.17) is 0 Å². The Hall–Kier alpha value is -3.47. The van der Waals surface area contributed by atoms with Crippen LogP contribution >= 0.6 is 31.9 Å². The average molecular weight is 742 g/mol. The van der Waals surface area contributed by atoms with Crippen LogP contribution in [0, 0.1) is 6.92 Å². The van der Waals surface area contributed by atoms with Crippen molar-refractivity contribution in [3.05, 3.63) is 129 Å². The van der Waals surface area contributed by atoms with E-state index in [1.165, 1.54) is 17.0 Å². The van der Waals surface area contributed by atoms with Crippen molar-refractivity contribution >= 4 is 59.4 Å².